The highest BCUT2D eigenvalue weighted by atomic mass is 16.1. The second kappa shape index (κ2) is 17.7. The molecule has 0 saturated carbocycles. The predicted octanol–water partition coefficient (Wildman–Crippen LogP) is 5.11. The predicted molar refractivity (Wildman–Crippen MR) is 98.2 cm³/mol. The summed E-state index contributed by atoms with van der Waals surface area (Å²) >= 11 is 0. The lowest BCUT2D eigenvalue weighted by Crippen LogP contribution is -2.17. The van der Waals surface area contributed by atoms with Crippen molar-refractivity contribution in [3.05, 3.63) is 0 Å². The molecule has 0 aromatic rings. The first kappa shape index (κ1) is 22.3. The fourth-order valence-corrected chi connectivity index (χ4v) is 2.93. The van der Waals surface area contributed by atoms with Gasteiger partial charge in [0.2, 0.25) is 6.29 Å². The van der Waals surface area contributed by atoms with Gasteiger partial charge in [-0.3, -0.25) is 9.59 Å². The third-order valence-electron chi connectivity index (χ3n) is 4.50. The van der Waals surface area contributed by atoms with Gasteiger partial charge in [0, 0.05) is 6.42 Å². The van der Waals surface area contributed by atoms with Crippen molar-refractivity contribution in [3.8, 4) is 0 Å². The molecule has 1 radical (unpaired) electrons. The summed E-state index contributed by atoms with van der Waals surface area (Å²) in [7, 11) is 0. The van der Waals surface area contributed by atoms with Gasteiger partial charge in [0.05, 0.1) is 5.92 Å². The van der Waals surface area contributed by atoms with Crippen molar-refractivity contribution in [1.82, 2.24) is 0 Å². The number of hydrogen-bond acceptors (Lipinski definition) is 3. The summed E-state index contributed by atoms with van der Waals surface area (Å²) in [5, 5.41) is 0. The van der Waals surface area contributed by atoms with Gasteiger partial charge in [0.25, 0.3) is 0 Å². The number of ketones is 1. The first-order valence-electron chi connectivity index (χ1n) is 9.86. The van der Waals surface area contributed by atoms with Crippen molar-refractivity contribution in [2.75, 3.05) is 6.54 Å². The number of carbonyl (C=O) groups excluding carboxylic acids is 2. The molecular formula is C20H38NO2. The lowest BCUT2D eigenvalue weighted by atomic mass is 9.95. The fourth-order valence-electron chi connectivity index (χ4n) is 2.93. The Hall–Kier alpha value is -0.700. The lowest BCUT2D eigenvalue weighted by Gasteiger charge is -2.08. The van der Waals surface area contributed by atoms with Crippen LogP contribution in [0.3, 0.4) is 0 Å². The Balaban J connectivity index is 3.37. The van der Waals surface area contributed by atoms with Crippen molar-refractivity contribution in [3.63, 3.8) is 0 Å². The maximum Gasteiger partial charge on any atom is 0.209 e. The van der Waals surface area contributed by atoms with E-state index in [9.17, 15) is 9.59 Å². The maximum absolute atomic E-state index is 11.7. The molecule has 0 amide bonds. The minimum atomic E-state index is -0.510. The van der Waals surface area contributed by atoms with Gasteiger partial charge in [-0.1, -0.05) is 84.0 Å². The first-order chi connectivity index (χ1) is 11.3. The first-order valence-corrected chi connectivity index (χ1v) is 9.86. The molecule has 0 saturated heterocycles. The standard InChI is InChI=1S/C20H38NO2/c1-2-3-4-5-6-7-8-9-10-11-12-13-15-19(18-22)20(23)16-14-17-21/h19H,2-17,21H2,1H3. The molecule has 0 aromatic carbocycles. The minimum Gasteiger partial charge on any atom is -0.330 e. The van der Waals surface area contributed by atoms with Crippen LogP contribution in [-0.2, 0) is 9.59 Å². The van der Waals surface area contributed by atoms with Crippen LogP contribution in [0.25, 0.3) is 0 Å². The molecule has 0 spiro atoms. The van der Waals surface area contributed by atoms with Crippen LogP contribution in [0.4, 0.5) is 0 Å². The van der Waals surface area contributed by atoms with E-state index in [1.165, 1.54) is 64.2 Å². The van der Waals surface area contributed by atoms with Crippen molar-refractivity contribution >= 4 is 12.1 Å². The van der Waals surface area contributed by atoms with Crippen molar-refractivity contribution in [1.29, 1.82) is 0 Å². The van der Waals surface area contributed by atoms with Crippen LogP contribution in [0.15, 0.2) is 0 Å². The van der Waals surface area contributed by atoms with Gasteiger partial charge in [0.15, 0.2) is 0 Å². The van der Waals surface area contributed by atoms with Gasteiger partial charge in [-0.15, -0.1) is 0 Å². The molecule has 3 nitrogen and oxygen atoms in total. The highest BCUT2D eigenvalue weighted by Gasteiger charge is 2.17. The summed E-state index contributed by atoms with van der Waals surface area (Å²) in [6.45, 7) is 2.77. The van der Waals surface area contributed by atoms with Gasteiger partial charge >= 0.3 is 0 Å². The van der Waals surface area contributed by atoms with Crippen LogP contribution in [0, 0.1) is 5.92 Å². The third kappa shape index (κ3) is 14.6. The molecule has 0 aromatic heterocycles. The highest BCUT2D eigenvalue weighted by Crippen LogP contribution is 2.15. The SMILES string of the molecule is CCCCCCCCCCCCCCC([C]=O)C(=O)CCCN. The molecule has 0 aliphatic rings. The summed E-state index contributed by atoms with van der Waals surface area (Å²) in [5.74, 6) is -0.488. The molecule has 3 heteroatoms. The van der Waals surface area contributed by atoms with Gasteiger partial charge < -0.3 is 5.73 Å². The lowest BCUT2D eigenvalue weighted by molar-refractivity contribution is -0.121. The average molecular weight is 325 g/mol. The van der Waals surface area contributed by atoms with E-state index >= 15 is 0 Å². The van der Waals surface area contributed by atoms with Crippen molar-refractivity contribution < 1.29 is 9.59 Å². The molecule has 0 fully saturated rings. The van der Waals surface area contributed by atoms with E-state index in [1.54, 1.807) is 0 Å². The molecule has 2 N–H and O–H groups in total. The van der Waals surface area contributed by atoms with Crippen LogP contribution in [-0.4, -0.2) is 18.6 Å². The molecule has 0 aliphatic heterocycles. The van der Waals surface area contributed by atoms with E-state index in [0.29, 0.717) is 25.8 Å². The van der Waals surface area contributed by atoms with Crippen molar-refractivity contribution in [2.45, 2.75) is 103 Å². The Bertz CT molecular complexity index is 279. The highest BCUT2D eigenvalue weighted by molar-refractivity contribution is 5.93. The molecule has 0 aliphatic carbocycles. The molecule has 0 bridgehead atoms. The van der Waals surface area contributed by atoms with Crippen LogP contribution in [0.2, 0.25) is 0 Å². The van der Waals surface area contributed by atoms with Crippen LogP contribution in [0.1, 0.15) is 103 Å². The molecule has 0 heterocycles. The molecule has 135 valence electrons. The second-order valence-electron chi connectivity index (χ2n) is 6.71. The molecule has 23 heavy (non-hydrogen) atoms. The minimum absolute atomic E-state index is 0.0218. The maximum atomic E-state index is 11.7. The number of Topliss-reactive ketones (excluding diaryl/α,β-unsaturated/α-hetero) is 1. The monoisotopic (exact) mass is 324 g/mol. The average Bonchev–Trinajstić information content (AvgIpc) is 2.57. The molecular weight excluding hydrogens is 286 g/mol. The molecule has 0 rings (SSSR count). The van der Waals surface area contributed by atoms with Gasteiger partial charge in [-0.2, -0.15) is 0 Å². The summed E-state index contributed by atoms with van der Waals surface area (Å²) in [4.78, 5) is 22.6. The number of rotatable bonds is 18. The second-order valence-corrected chi connectivity index (χ2v) is 6.71. The van der Waals surface area contributed by atoms with Gasteiger partial charge in [-0.25, -0.2) is 0 Å². The van der Waals surface area contributed by atoms with Crippen LogP contribution < -0.4 is 5.73 Å². The normalized spacial score (nSPS) is 12.3. The molecule has 1 unspecified atom stereocenters. The summed E-state index contributed by atoms with van der Waals surface area (Å²) < 4.78 is 0. The summed E-state index contributed by atoms with van der Waals surface area (Å²) in [6, 6.07) is 0. The zero-order valence-electron chi connectivity index (χ0n) is 15.3. The zero-order valence-corrected chi connectivity index (χ0v) is 15.3. The topological polar surface area (TPSA) is 60.2 Å². The van der Waals surface area contributed by atoms with Crippen LogP contribution in [0.5, 0.6) is 0 Å². The number of unbranched alkanes of at least 4 members (excludes halogenated alkanes) is 11. The van der Waals surface area contributed by atoms with E-state index < -0.39 is 5.92 Å². The van der Waals surface area contributed by atoms with E-state index in [1.807, 2.05) is 6.29 Å². The van der Waals surface area contributed by atoms with Gasteiger partial charge in [0.1, 0.15) is 5.78 Å². The smallest absolute Gasteiger partial charge is 0.209 e. The van der Waals surface area contributed by atoms with E-state index in [-0.39, 0.29) is 5.78 Å². The summed E-state index contributed by atoms with van der Waals surface area (Å²) in [5.41, 5.74) is 5.39. The Morgan fingerprint density at radius 2 is 1.30 bits per heavy atom. The third-order valence-corrected chi connectivity index (χ3v) is 4.50. The quantitative estimate of drug-likeness (QED) is 0.281. The van der Waals surface area contributed by atoms with Crippen LogP contribution >= 0.6 is 0 Å². The Morgan fingerprint density at radius 3 is 1.74 bits per heavy atom. The Morgan fingerprint density at radius 1 is 0.826 bits per heavy atom. The zero-order chi connectivity index (χ0) is 17.2. The van der Waals surface area contributed by atoms with E-state index in [2.05, 4.69) is 6.92 Å². The Labute approximate surface area is 143 Å². The number of carbonyl (C=O) groups is 1. The van der Waals surface area contributed by atoms with Gasteiger partial charge in [-0.05, 0) is 19.4 Å². The number of hydrogen-bond donors (Lipinski definition) is 1. The van der Waals surface area contributed by atoms with E-state index in [4.69, 9.17) is 5.73 Å². The van der Waals surface area contributed by atoms with Crippen molar-refractivity contribution in [2.24, 2.45) is 11.7 Å². The Kier molecular flexibility index (Phi) is 17.1. The van der Waals surface area contributed by atoms with E-state index in [0.717, 1.165) is 12.8 Å². The fraction of sp³-hybridized carbons (Fsp3) is 0.900. The summed E-state index contributed by atoms with van der Waals surface area (Å²) in [6.07, 6.45) is 19.2. The number of nitrogens with two attached hydrogens (primary N) is 1. The molecule has 1 atom stereocenters. The largest absolute Gasteiger partial charge is 0.330 e.